The molecule has 3 rings (SSSR count). The van der Waals surface area contributed by atoms with E-state index in [2.05, 4.69) is 33.9 Å². The van der Waals surface area contributed by atoms with E-state index in [9.17, 15) is 9.90 Å². The lowest BCUT2D eigenvalue weighted by atomic mass is 10.1. The summed E-state index contributed by atoms with van der Waals surface area (Å²) in [7, 11) is 0. The van der Waals surface area contributed by atoms with Gasteiger partial charge in [-0.1, -0.05) is 50.6 Å². The van der Waals surface area contributed by atoms with Crippen molar-refractivity contribution in [3.63, 3.8) is 0 Å². The van der Waals surface area contributed by atoms with Crippen molar-refractivity contribution in [3.8, 4) is 0 Å². The fourth-order valence-corrected chi connectivity index (χ4v) is 3.55. The maximum Gasteiger partial charge on any atom is 0.273 e. The van der Waals surface area contributed by atoms with E-state index in [1.807, 2.05) is 30.3 Å². The van der Waals surface area contributed by atoms with Crippen molar-refractivity contribution in [2.45, 2.75) is 39.5 Å². The maximum atomic E-state index is 12.2. The SMILES string of the molecule is CCC(C)CNC(=O)c1coc(CN2CCN(CC(O)COCc3ccccc3)CC2)n1. The van der Waals surface area contributed by atoms with Crippen LogP contribution in [0.5, 0.6) is 0 Å². The molecule has 1 aromatic carbocycles. The highest BCUT2D eigenvalue weighted by atomic mass is 16.5. The molecular weight excluding hydrogens is 408 g/mol. The number of oxazole rings is 1. The molecule has 0 bridgehead atoms. The second-order valence-corrected chi connectivity index (χ2v) is 8.58. The number of nitrogens with zero attached hydrogens (tertiary/aromatic N) is 3. The monoisotopic (exact) mass is 444 g/mol. The summed E-state index contributed by atoms with van der Waals surface area (Å²) in [5.74, 6) is 0.811. The molecule has 32 heavy (non-hydrogen) atoms. The Morgan fingerprint density at radius 3 is 2.66 bits per heavy atom. The van der Waals surface area contributed by atoms with Crippen molar-refractivity contribution >= 4 is 5.91 Å². The Bertz CT molecular complexity index is 805. The first-order valence-electron chi connectivity index (χ1n) is 11.5. The maximum absolute atomic E-state index is 12.2. The van der Waals surface area contributed by atoms with E-state index >= 15 is 0 Å². The van der Waals surface area contributed by atoms with Crippen LogP contribution >= 0.6 is 0 Å². The van der Waals surface area contributed by atoms with E-state index in [1.54, 1.807) is 0 Å². The standard InChI is InChI=1S/C24H36N4O4/c1-3-19(2)13-25-24(30)22-18-32-23(26-22)15-28-11-9-27(10-12-28)14-21(29)17-31-16-20-7-5-4-6-8-20/h4-8,18-19,21,29H,3,9-17H2,1-2H3,(H,25,30). The highest BCUT2D eigenvalue weighted by Gasteiger charge is 2.21. The van der Waals surface area contributed by atoms with Gasteiger partial charge >= 0.3 is 0 Å². The lowest BCUT2D eigenvalue weighted by Crippen LogP contribution is -2.48. The van der Waals surface area contributed by atoms with Crippen LogP contribution in [0.3, 0.4) is 0 Å². The molecule has 0 radical (unpaired) electrons. The van der Waals surface area contributed by atoms with E-state index in [0.717, 1.165) is 38.2 Å². The fraction of sp³-hybridized carbons (Fsp3) is 0.583. The minimum absolute atomic E-state index is 0.186. The molecule has 0 aliphatic carbocycles. The smallest absolute Gasteiger partial charge is 0.273 e. The van der Waals surface area contributed by atoms with Crippen LogP contribution in [-0.2, 0) is 17.9 Å². The number of carbonyl (C=O) groups excluding carboxylic acids is 1. The van der Waals surface area contributed by atoms with Crippen LogP contribution in [0.15, 0.2) is 41.0 Å². The number of ether oxygens (including phenoxy) is 1. The van der Waals surface area contributed by atoms with E-state index in [4.69, 9.17) is 9.15 Å². The lowest BCUT2D eigenvalue weighted by Gasteiger charge is -2.34. The average molecular weight is 445 g/mol. The number of aliphatic hydroxyl groups is 1. The van der Waals surface area contributed by atoms with Gasteiger partial charge < -0.3 is 19.6 Å². The zero-order valence-corrected chi connectivity index (χ0v) is 19.2. The van der Waals surface area contributed by atoms with E-state index in [1.165, 1.54) is 6.26 Å². The summed E-state index contributed by atoms with van der Waals surface area (Å²) in [5, 5.41) is 13.2. The summed E-state index contributed by atoms with van der Waals surface area (Å²) in [5.41, 5.74) is 1.44. The van der Waals surface area contributed by atoms with Crippen molar-refractivity contribution in [2.75, 3.05) is 45.9 Å². The molecular formula is C24H36N4O4. The molecule has 1 amide bonds. The first kappa shape index (κ1) is 24.4. The second kappa shape index (κ2) is 12.7. The number of hydrogen-bond donors (Lipinski definition) is 2. The minimum Gasteiger partial charge on any atom is -0.447 e. The summed E-state index contributed by atoms with van der Waals surface area (Å²) in [4.78, 5) is 21.0. The Balaban J connectivity index is 1.32. The number of aromatic nitrogens is 1. The Hall–Kier alpha value is -2.26. The number of piperazine rings is 1. The van der Waals surface area contributed by atoms with Gasteiger partial charge in [-0.3, -0.25) is 14.6 Å². The van der Waals surface area contributed by atoms with Crippen LogP contribution in [0, 0.1) is 5.92 Å². The number of hydrogen-bond acceptors (Lipinski definition) is 7. The van der Waals surface area contributed by atoms with Crippen molar-refractivity contribution in [1.82, 2.24) is 20.1 Å². The Kier molecular flexibility index (Phi) is 9.67. The van der Waals surface area contributed by atoms with Gasteiger partial charge in [-0.25, -0.2) is 4.98 Å². The van der Waals surface area contributed by atoms with Gasteiger partial charge in [0.15, 0.2) is 5.69 Å². The number of rotatable bonds is 12. The molecule has 2 heterocycles. The zero-order chi connectivity index (χ0) is 22.8. The average Bonchev–Trinajstić information content (AvgIpc) is 3.28. The molecule has 2 N–H and O–H groups in total. The molecule has 8 nitrogen and oxygen atoms in total. The number of nitrogens with one attached hydrogen (secondary N) is 1. The molecule has 2 atom stereocenters. The van der Waals surface area contributed by atoms with Crippen LogP contribution in [0.25, 0.3) is 0 Å². The van der Waals surface area contributed by atoms with Gasteiger partial charge in [-0.2, -0.15) is 0 Å². The molecule has 8 heteroatoms. The second-order valence-electron chi connectivity index (χ2n) is 8.58. The predicted molar refractivity (Wildman–Crippen MR) is 122 cm³/mol. The topological polar surface area (TPSA) is 91.1 Å². The molecule has 1 aromatic heterocycles. The number of amides is 1. The van der Waals surface area contributed by atoms with E-state index in [-0.39, 0.29) is 5.91 Å². The summed E-state index contributed by atoms with van der Waals surface area (Å²) in [6.07, 6.45) is 1.95. The van der Waals surface area contributed by atoms with Gasteiger partial charge in [0.1, 0.15) is 6.26 Å². The summed E-state index contributed by atoms with van der Waals surface area (Å²) < 4.78 is 11.2. The Morgan fingerprint density at radius 1 is 1.22 bits per heavy atom. The summed E-state index contributed by atoms with van der Waals surface area (Å²) in [6, 6.07) is 9.97. The number of carbonyl (C=O) groups is 1. The molecule has 1 saturated heterocycles. The largest absolute Gasteiger partial charge is 0.447 e. The number of benzene rings is 1. The van der Waals surface area contributed by atoms with Crippen molar-refractivity contribution in [1.29, 1.82) is 0 Å². The van der Waals surface area contributed by atoms with E-state index in [0.29, 0.717) is 50.4 Å². The highest BCUT2D eigenvalue weighted by Crippen LogP contribution is 2.10. The normalized spacial score (nSPS) is 17.2. The van der Waals surface area contributed by atoms with Crippen LogP contribution in [0.2, 0.25) is 0 Å². The van der Waals surface area contributed by atoms with Crippen LogP contribution in [-0.4, -0.2) is 77.8 Å². The molecule has 1 fully saturated rings. The van der Waals surface area contributed by atoms with Crippen LogP contribution in [0.4, 0.5) is 0 Å². The first-order chi connectivity index (χ1) is 15.5. The molecule has 2 unspecified atom stereocenters. The summed E-state index contributed by atoms with van der Waals surface area (Å²) >= 11 is 0. The Morgan fingerprint density at radius 2 is 1.94 bits per heavy atom. The van der Waals surface area contributed by atoms with E-state index < -0.39 is 6.10 Å². The minimum atomic E-state index is -0.506. The van der Waals surface area contributed by atoms with Crippen molar-refractivity contribution in [3.05, 3.63) is 53.7 Å². The first-order valence-corrected chi connectivity index (χ1v) is 11.5. The third-order valence-corrected chi connectivity index (χ3v) is 5.81. The number of β-amino-alcohol motifs (C(OH)–C–C–N with tert-alkyl or cyclic N) is 1. The quantitative estimate of drug-likeness (QED) is 0.518. The van der Waals surface area contributed by atoms with Crippen LogP contribution in [0.1, 0.15) is 42.2 Å². The van der Waals surface area contributed by atoms with Crippen LogP contribution < -0.4 is 5.32 Å². The lowest BCUT2D eigenvalue weighted by molar-refractivity contribution is 0.000371. The zero-order valence-electron chi connectivity index (χ0n) is 19.2. The van der Waals surface area contributed by atoms with Gasteiger partial charge in [0.05, 0.1) is 25.9 Å². The summed E-state index contributed by atoms with van der Waals surface area (Å²) in [6.45, 7) is 10.3. The highest BCUT2D eigenvalue weighted by molar-refractivity contribution is 5.91. The molecule has 2 aromatic rings. The third kappa shape index (κ3) is 8.02. The Labute approximate surface area is 190 Å². The predicted octanol–water partition coefficient (Wildman–Crippen LogP) is 2.15. The molecule has 0 spiro atoms. The number of aliphatic hydroxyl groups excluding tert-OH is 1. The molecule has 1 aliphatic rings. The van der Waals surface area contributed by atoms with Gasteiger partial charge in [0, 0.05) is 39.3 Å². The van der Waals surface area contributed by atoms with Gasteiger partial charge in [0.25, 0.3) is 5.91 Å². The molecule has 0 saturated carbocycles. The molecule has 1 aliphatic heterocycles. The molecule has 176 valence electrons. The van der Waals surface area contributed by atoms with Crippen molar-refractivity contribution < 1.29 is 19.1 Å². The third-order valence-electron chi connectivity index (χ3n) is 5.81. The fourth-order valence-electron chi connectivity index (χ4n) is 3.55. The van der Waals surface area contributed by atoms with Gasteiger partial charge in [-0.15, -0.1) is 0 Å². The van der Waals surface area contributed by atoms with Gasteiger partial charge in [0.2, 0.25) is 5.89 Å². The van der Waals surface area contributed by atoms with Gasteiger partial charge in [-0.05, 0) is 11.5 Å². The van der Waals surface area contributed by atoms with Crippen molar-refractivity contribution in [2.24, 2.45) is 5.92 Å².